The first-order chi connectivity index (χ1) is 9.93. The Labute approximate surface area is 133 Å². The second kappa shape index (κ2) is 7.85. The van der Waals surface area contributed by atoms with E-state index in [0.717, 1.165) is 13.0 Å². The van der Waals surface area contributed by atoms with Gasteiger partial charge in [0.2, 0.25) is 0 Å². The van der Waals surface area contributed by atoms with Crippen molar-refractivity contribution in [3.8, 4) is 0 Å². The molecule has 3 aliphatic rings. The molecule has 112 valence electrons. The van der Waals surface area contributed by atoms with Crippen LogP contribution in [0, 0.1) is 0 Å². The summed E-state index contributed by atoms with van der Waals surface area (Å²) in [4.78, 5) is 2.70. The van der Waals surface area contributed by atoms with Gasteiger partial charge in [0.25, 0.3) is 0 Å². The van der Waals surface area contributed by atoms with E-state index in [1.807, 2.05) is 0 Å². The fourth-order valence-corrected chi connectivity index (χ4v) is 5.17. The van der Waals surface area contributed by atoms with Gasteiger partial charge >= 0.3 is 0 Å². The third kappa shape index (κ3) is 4.01. The number of rotatable bonds is 5. The van der Waals surface area contributed by atoms with Crippen LogP contribution in [0.15, 0.2) is 21.8 Å². The molecule has 2 fully saturated rings. The highest BCUT2D eigenvalue weighted by Crippen LogP contribution is 2.28. The van der Waals surface area contributed by atoms with Crippen molar-refractivity contribution in [2.45, 2.75) is 57.1 Å². The van der Waals surface area contributed by atoms with Crippen LogP contribution in [0.1, 0.15) is 44.9 Å². The van der Waals surface area contributed by atoms with Gasteiger partial charge in [-0.25, -0.2) is 0 Å². The van der Waals surface area contributed by atoms with Crippen LogP contribution in [0.25, 0.3) is 0 Å². The fourth-order valence-electron chi connectivity index (χ4n) is 3.59. The number of nitrogens with zero attached hydrogens (tertiary/aromatic N) is 1. The monoisotopic (exact) mass is 387 g/mol. The molecule has 1 saturated heterocycles. The zero-order valence-corrected chi connectivity index (χ0v) is 14.4. The van der Waals surface area contributed by atoms with Crippen molar-refractivity contribution in [1.29, 1.82) is 0 Å². The highest BCUT2D eigenvalue weighted by Gasteiger charge is 2.31. The minimum atomic E-state index is 0.215. The Morgan fingerprint density at radius 1 is 1.15 bits per heavy atom. The first kappa shape index (κ1) is 14.9. The number of hydrogen-bond donors (Lipinski definition) is 0. The van der Waals surface area contributed by atoms with Gasteiger partial charge in [0.05, 0.1) is 12.7 Å². The Balaban J connectivity index is 1.48. The van der Waals surface area contributed by atoms with E-state index >= 15 is 0 Å². The van der Waals surface area contributed by atoms with Gasteiger partial charge in [-0.3, -0.25) is 4.90 Å². The topological polar surface area (TPSA) is 12.5 Å². The molecule has 0 N–H and O–H groups in total. The molecular weight excluding hydrogens is 361 g/mol. The number of ether oxygens (including phenoxy) is 1. The molecule has 0 radical (unpaired) electrons. The molecule has 0 aromatic rings. The maximum absolute atomic E-state index is 6.29. The average molecular weight is 387 g/mol. The van der Waals surface area contributed by atoms with Gasteiger partial charge in [-0.2, -0.15) is 0 Å². The lowest BCUT2D eigenvalue weighted by atomic mass is 9.91. The zero-order chi connectivity index (χ0) is 13.6. The van der Waals surface area contributed by atoms with Gasteiger partial charge in [0.1, 0.15) is 0 Å². The molecule has 2 aliphatic heterocycles. The van der Waals surface area contributed by atoms with Crippen molar-refractivity contribution in [3.05, 3.63) is 21.8 Å². The van der Waals surface area contributed by atoms with Gasteiger partial charge in [0, 0.05) is 6.04 Å². The number of halogens is 1. The summed E-state index contributed by atoms with van der Waals surface area (Å²) in [6.45, 7) is 3.51. The fraction of sp³-hybridized carbons (Fsp3) is 0.706. The van der Waals surface area contributed by atoms with Crippen molar-refractivity contribution >= 4 is 24.7 Å². The lowest BCUT2D eigenvalue weighted by Crippen LogP contribution is -2.45. The van der Waals surface area contributed by atoms with E-state index < -0.39 is 0 Å². The van der Waals surface area contributed by atoms with Crippen LogP contribution in [-0.2, 0) is 4.74 Å². The second-order valence-corrected chi connectivity index (χ2v) is 8.20. The SMILES string of the molecule is C1=CC(CCO[C@@H]2CCCC[C@@H]2N2CCCC2)=CC=I1. The van der Waals surface area contributed by atoms with E-state index in [1.165, 1.54) is 57.2 Å². The number of allylic oxidation sites excluding steroid dienone is 2. The Morgan fingerprint density at radius 2 is 2.00 bits per heavy atom. The van der Waals surface area contributed by atoms with Crippen molar-refractivity contribution in [1.82, 2.24) is 4.90 Å². The van der Waals surface area contributed by atoms with Gasteiger partial charge in [-0.15, -0.1) is 0 Å². The molecule has 2 atom stereocenters. The minimum absolute atomic E-state index is 0.215. The van der Waals surface area contributed by atoms with Crippen molar-refractivity contribution in [3.63, 3.8) is 0 Å². The first-order valence-electron chi connectivity index (χ1n) is 8.10. The van der Waals surface area contributed by atoms with E-state index in [2.05, 4.69) is 25.1 Å². The molecule has 3 rings (SSSR count). The molecule has 1 saturated carbocycles. The molecule has 1 aliphatic carbocycles. The summed E-state index contributed by atoms with van der Waals surface area (Å²) in [7, 11) is 0. The van der Waals surface area contributed by atoms with E-state index in [0.29, 0.717) is 12.1 Å². The molecular formula is C17H26INO. The molecule has 2 nitrogen and oxygen atoms in total. The van der Waals surface area contributed by atoms with Gasteiger partial charge in [-0.1, -0.05) is 45.7 Å². The Morgan fingerprint density at radius 3 is 2.80 bits per heavy atom. The molecule has 0 aromatic heterocycles. The van der Waals surface area contributed by atoms with Gasteiger partial charge < -0.3 is 4.74 Å². The molecule has 0 aromatic carbocycles. The maximum Gasteiger partial charge on any atom is 0.0730 e. The molecule has 20 heavy (non-hydrogen) atoms. The van der Waals surface area contributed by atoms with Gasteiger partial charge in [0.15, 0.2) is 0 Å². The van der Waals surface area contributed by atoms with E-state index in [4.69, 9.17) is 4.74 Å². The lowest BCUT2D eigenvalue weighted by molar-refractivity contribution is -0.0288. The quantitative estimate of drug-likeness (QED) is 0.661. The Bertz CT molecular complexity index is 396. The van der Waals surface area contributed by atoms with E-state index in [1.54, 1.807) is 0 Å². The second-order valence-electron chi connectivity index (χ2n) is 6.04. The smallest absolute Gasteiger partial charge is 0.0730 e. The van der Waals surface area contributed by atoms with Crippen LogP contribution in [-0.4, -0.2) is 40.8 Å². The summed E-state index contributed by atoms with van der Waals surface area (Å²) in [6.07, 6.45) is 14.3. The van der Waals surface area contributed by atoms with Crippen molar-refractivity contribution < 1.29 is 4.74 Å². The van der Waals surface area contributed by atoms with Crippen molar-refractivity contribution in [2.24, 2.45) is 0 Å². The standard InChI is InChI=1S/C17H26INO/c1-2-6-17(16(5-1)19-12-3-4-13-19)20-14-9-15-7-10-18-11-8-15/h7-8,10-11,16-17H,1-6,9,12-14H2/t16-,17+/m0/s1. The third-order valence-electron chi connectivity index (χ3n) is 4.70. The molecule has 2 heterocycles. The molecule has 0 unspecified atom stereocenters. The van der Waals surface area contributed by atoms with Crippen molar-refractivity contribution in [2.75, 3.05) is 19.7 Å². The zero-order valence-electron chi connectivity index (χ0n) is 12.3. The van der Waals surface area contributed by atoms with Crippen LogP contribution in [0.2, 0.25) is 0 Å². The number of likely N-dealkylation sites (tertiary alicyclic amines) is 1. The minimum Gasteiger partial charge on any atom is -0.376 e. The largest absolute Gasteiger partial charge is 0.376 e. The summed E-state index contributed by atoms with van der Waals surface area (Å²) < 4.78 is 11.0. The van der Waals surface area contributed by atoms with Crippen LogP contribution in [0.4, 0.5) is 0 Å². The molecule has 0 bridgehead atoms. The van der Waals surface area contributed by atoms with Crippen LogP contribution in [0.5, 0.6) is 0 Å². The highest BCUT2D eigenvalue weighted by atomic mass is 127. The first-order valence-corrected chi connectivity index (χ1v) is 10.6. The molecule has 0 amide bonds. The Hall–Kier alpha value is 0. The molecule has 0 spiro atoms. The normalized spacial score (nSPS) is 31.1. The van der Waals surface area contributed by atoms with E-state index in [-0.39, 0.29) is 20.7 Å². The van der Waals surface area contributed by atoms with E-state index in [9.17, 15) is 0 Å². The summed E-state index contributed by atoms with van der Waals surface area (Å²) in [5.74, 6) is 0. The Kier molecular flexibility index (Phi) is 5.86. The molecule has 3 heteroatoms. The summed E-state index contributed by atoms with van der Waals surface area (Å²) in [5, 5.41) is 0. The predicted molar refractivity (Wildman–Crippen MR) is 94.7 cm³/mol. The van der Waals surface area contributed by atoms with Gasteiger partial charge in [-0.05, 0) is 58.9 Å². The summed E-state index contributed by atoms with van der Waals surface area (Å²) in [5.41, 5.74) is 1.45. The van der Waals surface area contributed by atoms with Crippen LogP contribution in [0.3, 0.4) is 0 Å². The number of hydrogen-bond acceptors (Lipinski definition) is 2. The van der Waals surface area contributed by atoms with Crippen LogP contribution >= 0.6 is 20.7 Å². The lowest BCUT2D eigenvalue weighted by Gasteiger charge is -2.37. The predicted octanol–water partition coefficient (Wildman–Crippen LogP) is 4.03. The highest BCUT2D eigenvalue weighted by molar-refractivity contribution is 14.2. The summed E-state index contributed by atoms with van der Waals surface area (Å²) >= 11 is 0.215. The van der Waals surface area contributed by atoms with Crippen LogP contribution < -0.4 is 0 Å². The average Bonchev–Trinajstić information content (AvgIpc) is 3.03. The summed E-state index contributed by atoms with van der Waals surface area (Å²) in [6, 6.07) is 0.708. The third-order valence-corrected chi connectivity index (χ3v) is 6.25. The maximum atomic E-state index is 6.29.